The van der Waals surface area contributed by atoms with Crippen LogP contribution in [0, 0.1) is 19.7 Å². The number of nitrogens with zero attached hydrogens (tertiary/aromatic N) is 4. The molecule has 0 saturated heterocycles. The molecule has 2 heterocycles. The molecule has 1 fully saturated rings. The van der Waals surface area contributed by atoms with E-state index in [1.54, 1.807) is 16.8 Å². The Morgan fingerprint density at radius 3 is 2.54 bits per heavy atom. The van der Waals surface area contributed by atoms with Gasteiger partial charge in [-0.15, -0.1) is 12.4 Å². The van der Waals surface area contributed by atoms with Gasteiger partial charge in [-0.2, -0.15) is 10.1 Å². The third-order valence-electron chi connectivity index (χ3n) is 4.80. The van der Waals surface area contributed by atoms with Crippen LogP contribution in [0.4, 0.5) is 4.39 Å². The number of benzene rings is 1. The highest BCUT2D eigenvalue weighted by Crippen LogP contribution is 2.35. The van der Waals surface area contributed by atoms with Crippen molar-refractivity contribution in [2.24, 2.45) is 5.73 Å². The predicted molar refractivity (Wildman–Crippen MR) is 97.9 cm³/mol. The summed E-state index contributed by atoms with van der Waals surface area (Å²) >= 11 is 0. The third-order valence-corrected chi connectivity index (χ3v) is 4.80. The molecule has 1 aliphatic carbocycles. The topological polar surface area (TPSA) is 82.8 Å². The van der Waals surface area contributed by atoms with E-state index in [0.717, 1.165) is 37.1 Å². The molecule has 0 bridgehead atoms. The Balaban J connectivity index is 0.00000196. The summed E-state index contributed by atoms with van der Waals surface area (Å²) in [4.78, 5) is 4.41. The molecule has 1 saturated carbocycles. The minimum atomic E-state index is -0.524. The maximum absolute atomic E-state index is 14.6. The maximum Gasteiger partial charge on any atom is 0.258 e. The van der Waals surface area contributed by atoms with Crippen LogP contribution in [0.3, 0.4) is 0 Å². The molecule has 1 aromatic carbocycles. The lowest BCUT2D eigenvalue weighted by Crippen LogP contribution is -2.34. The van der Waals surface area contributed by atoms with Crippen LogP contribution in [0.1, 0.15) is 42.9 Å². The molecule has 6 nitrogen and oxygen atoms in total. The second-order valence-electron chi connectivity index (χ2n) is 6.79. The molecule has 2 aromatic heterocycles. The van der Waals surface area contributed by atoms with Gasteiger partial charge in [-0.25, -0.2) is 9.07 Å². The molecule has 138 valence electrons. The molecule has 8 heteroatoms. The standard InChI is InChI=1S/C18H20FN5O.ClH/c1-11-9-12(2)24(22-11)15-6-5-13(10-14(15)19)16-21-17(23-25-16)18(20)7-3-4-8-18;/h5-6,9-10H,3-4,7-8,20H2,1-2H3;1H. The first-order chi connectivity index (χ1) is 12.0. The van der Waals surface area contributed by atoms with E-state index in [0.29, 0.717) is 17.1 Å². The molecule has 0 radical (unpaired) electrons. The van der Waals surface area contributed by atoms with Crippen LogP contribution >= 0.6 is 12.4 Å². The highest BCUT2D eigenvalue weighted by atomic mass is 35.5. The maximum atomic E-state index is 14.6. The number of halogens is 2. The average molecular weight is 378 g/mol. The lowest BCUT2D eigenvalue weighted by Gasteiger charge is -2.17. The molecule has 2 N–H and O–H groups in total. The normalized spacial score (nSPS) is 15.8. The van der Waals surface area contributed by atoms with Crippen LogP contribution in [0.25, 0.3) is 17.1 Å². The van der Waals surface area contributed by atoms with Crippen molar-refractivity contribution in [1.29, 1.82) is 0 Å². The van der Waals surface area contributed by atoms with E-state index in [9.17, 15) is 4.39 Å². The minimum absolute atomic E-state index is 0. The number of aryl methyl sites for hydroxylation is 2. The van der Waals surface area contributed by atoms with E-state index < -0.39 is 11.4 Å². The summed E-state index contributed by atoms with van der Waals surface area (Å²) in [7, 11) is 0. The van der Waals surface area contributed by atoms with Gasteiger partial charge in [0.15, 0.2) is 5.82 Å². The summed E-state index contributed by atoms with van der Waals surface area (Å²) in [6.07, 6.45) is 3.81. The van der Waals surface area contributed by atoms with E-state index >= 15 is 0 Å². The van der Waals surface area contributed by atoms with Crippen LogP contribution in [-0.2, 0) is 5.54 Å². The van der Waals surface area contributed by atoms with Crippen molar-refractivity contribution in [3.05, 3.63) is 47.3 Å². The minimum Gasteiger partial charge on any atom is -0.334 e. The smallest absolute Gasteiger partial charge is 0.258 e. The Kier molecular flexibility index (Phi) is 4.86. The van der Waals surface area contributed by atoms with Crippen LogP contribution < -0.4 is 5.73 Å². The lowest BCUT2D eigenvalue weighted by atomic mass is 9.99. The van der Waals surface area contributed by atoms with Gasteiger partial charge in [0.1, 0.15) is 11.5 Å². The van der Waals surface area contributed by atoms with Gasteiger partial charge in [0, 0.05) is 11.3 Å². The second kappa shape index (κ2) is 6.81. The summed E-state index contributed by atoms with van der Waals surface area (Å²) in [5.41, 5.74) is 8.46. The number of hydrogen-bond acceptors (Lipinski definition) is 5. The van der Waals surface area contributed by atoms with Gasteiger partial charge in [-0.05, 0) is 51.0 Å². The summed E-state index contributed by atoms with van der Waals surface area (Å²) < 4.78 is 21.5. The number of rotatable bonds is 3. The van der Waals surface area contributed by atoms with Crippen LogP contribution in [0.2, 0.25) is 0 Å². The van der Waals surface area contributed by atoms with Crippen molar-refractivity contribution in [3.8, 4) is 17.1 Å². The Labute approximate surface area is 157 Å². The Hall–Kier alpha value is -2.25. The molecular formula is C18H21ClFN5O. The molecule has 1 aliphatic rings. The molecule has 0 aliphatic heterocycles. The van der Waals surface area contributed by atoms with Gasteiger partial charge in [-0.1, -0.05) is 18.0 Å². The van der Waals surface area contributed by atoms with Crippen LogP contribution in [0.15, 0.2) is 28.8 Å². The first-order valence-corrected chi connectivity index (χ1v) is 8.43. The molecule has 0 spiro atoms. The van der Waals surface area contributed by atoms with Crippen molar-refractivity contribution in [1.82, 2.24) is 19.9 Å². The van der Waals surface area contributed by atoms with Crippen molar-refractivity contribution < 1.29 is 8.91 Å². The van der Waals surface area contributed by atoms with Gasteiger partial charge in [0.25, 0.3) is 5.89 Å². The summed E-state index contributed by atoms with van der Waals surface area (Å²) in [6, 6.07) is 6.71. The van der Waals surface area contributed by atoms with Gasteiger partial charge in [0.2, 0.25) is 0 Å². The van der Waals surface area contributed by atoms with E-state index in [4.69, 9.17) is 10.3 Å². The summed E-state index contributed by atoms with van der Waals surface area (Å²) in [5.74, 6) is 0.389. The zero-order valence-corrected chi connectivity index (χ0v) is 15.5. The molecule has 4 rings (SSSR count). The van der Waals surface area contributed by atoms with E-state index in [2.05, 4.69) is 15.2 Å². The summed E-state index contributed by atoms with van der Waals surface area (Å²) in [6.45, 7) is 3.77. The quantitative estimate of drug-likeness (QED) is 0.750. The fraction of sp³-hybridized carbons (Fsp3) is 0.389. The summed E-state index contributed by atoms with van der Waals surface area (Å²) in [5, 5.41) is 8.34. The van der Waals surface area contributed by atoms with Gasteiger partial charge < -0.3 is 10.3 Å². The first kappa shape index (κ1) is 18.5. The molecule has 0 atom stereocenters. The van der Waals surface area contributed by atoms with Crippen molar-refractivity contribution in [3.63, 3.8) is 0 Å². The van der Waals surface area contributed by atoms with E-state index in [1.807, 2.05) is 19.9 Å². The van der Waals surface area contributed by atoms with E-state index in [-0.39, 0.29) is 18.3 Å². The zero-order chi connectivity index (χ0) is 17.6. The fourth-order valence-corrected chi connectivity index (χ4v) is 3.46. The Morgan fingerprint density at radius 1 is 1.19 bits per heavy atom. The van der Waals surface area contributed by atoms with Gasteiger partial charge >= 0.3 is 0 Å². The van der Waals surface area contributed by atoms with Crippen molar-refractivity contribution >= 4 is 12.4 Å². The van der Waals surface area contributed by atoms with Crippen LogP contribution in [-0.4, -0.2) is 19.9 Å². The van der Waals surface area contributed by atoms with E-state index in [1.165, 1.54) is 6.07 Å². The predicted octanol–water partition coefficient (Wildman–Crippen LogP) is 3.83. The lowest BCUT2D eigenvalue weighted by molar-refractivity contribution is 0.372. The molecular weight excluding hydrogens is 357 g/mol. The second-order valence-corrected chi connectivity index (χ2v) is 6.79. The Morgan fingerprint density at radius 2 is 1.92 bits per heavy atom. The number of hydrogen-bond donors (Lipinski definition) is 1. The largest absolute Gasteiger partial charge is 0.334 e. The third kappa shape index (κ3) is 3.12. The van der Waals surface area contributed by atoms with Crippen molar-refractivity contribution in [2.45, 2.75) is 45.1 Å². The van der Waals surface area contributed by atoms with Crippen molar-refractivity contribution in [2.75, 3.05) is 0 Å². The molecule has 3 aromatic rings. The average Bonchev–Trinajstić information content (AvgIpc) is 3.28. The Bertz CT molecular complexity index is 930. The highest BCUT2D eigenvalue weighted by molar-refractivity contribution is 5.85. The SMILES string of the molecule is Cc1cc(C)n(-c2ccc(-c3nc(C4(N)CCCC4)no3)cc2F)n1.Cl. The van der Waals surface area contributed by atoms with Crippen LogP contribution in [0.5, 0.6) is 0 Å². The first-order valence-electron chi connectivity index (χ1n) is 8.43. The highest BCUT2D eigenvalue weighted by Gasteiger charge is 2.36. The molecule has 0 unspecified atom stereocenters. The number of nitrogens with two attached hydrogens (primary N) is 1. The van der Waals surface area contributed by atoms with Gasteiger partial charge in [0.05, 0.1) is 11.2 Å². The molecule has 0 amide bonds. The monoisotopic (exact) mass is 377 g/mol. The molecule has 26 heavy (non-hydrogen) atoms. The fourth-order valence-electron chi connectivity index (χ4n) is 3.46. The van der Waals surface area contributed by atoms with Gasteiger partial charge in [-0.3, -0.25) is 0 Å². The zero-order valence-electron chi connectivity index (χ0n) is 14.7. The number of aromatic nitrogens is 4.